The minimum Gasteiger partial charge on any atom is -0.465 e. The molecule has 1 aromatic carbocycles. The minimum atomic E-state index is -0.893. The molecule has 0 amide bonds. The van der Waals surface area contributed by atoms with Crippen LogP contribution < -0.4 is 5.73 Å². The molecule has 0 bridgehead atoms. The van der Waals surface area contributed by atoms with Gasteiger partial charge >= 0.3 is 5.97 Å². The highest BCUT2D eigenvalue weighted by Crippen LogP contribution is 2.24. The zero-order valence-electron chi connectivity index (χ0n) is 9.02. The number of methoxy groups -OCH3 is 1. The van der Waals surface area contributed by atoms with Crippen LogP contribution in [0.4, 0.5) is 0 Å². The van der Waals surface area contributed by atoms with E-state index in [1.54, 1.807) is 12.1 Å². The van der Waals surface area contributed by atoms with Crippen molar-refractivity contribution in [3.63, 3.8) is 0 Å². The number of hydrogen-bond donors (Lipinski definition) is 1. The first-order valence-corrected chi connectivity index (χ1v) is 4.84. The quantitative estimate of drug-likeness (QED) is 0.560. The summed E-state index contributed by atoms with van der Waals surface area (Å²) in [5, 5.41) is 0. The molecule has 17 heavy (non-hydrogen) atoms. The smallest absolute Gasteiger partial charge is 0.344 e. The lowest BCUT2D eigenvalue weighted by atomic mass is 9.87. The predicted octanol–water partition coefficient (Wildman–Crippen LogP) is 0.451. The molecule has 5 heteroatoms. The Labute approximate surface area is 96.9 Å². The van der Waals surface area contributed by atoms with E-state index < -0.39 is 23.1 Å². The second-order valence-corrected chi connectivity index (χ2v) is 3.48. The Hall–Kier alpha value is -2.43. The first-order chi connectivity index (χ1) is 8.07. The maximum atomic E-state index is 12.0. The Morgan fingerprint density at radius 3 is 2.18 bits per heavy atom. The number of esters is 1. The first kappa shape index (κ1) is 11.1. The van der Waals surface area contributed by atoms with E-state index in [2.05, 4.69) is 4.74 Å². The largest absolute Gasteiger partial charge is 0.465 e. The summed E-state index contributed by atoms with van der Waals surface area (Å²) in [7, 11) is 1.13. The summed E-state index contributed by atoms with van der Waals surface area (Å²) in [6.45, 7) is 0. The van der Waals surface area contributed by atoms with Crippen molar-refractivity contribution in [1.29, 1.82) is 0 Å². The molecular weight excluding hydrogens is 222 g/mol. The van der Waals surface area contributed by atoms with E-state index in [9.17, 15) is 14.4 Å². The third kappa shape index (κ3) is 1.52. The second-order valence-electron chi connectivity index (χ2n) is 3.48. The van der Waals surface area contributed by atoms with Crippen LogP contribution in [0.5, 0.6) is 0 Å². The average molecular weight is 231 g/mol. The highest BCUT2D eigenvalue weighted by molar-refractivity contribution is 6.35. The molecule has 86 valence electrons. The Bertz CT molecular complexity index is 572. The molecule has 0 spiro atoms. The van der Waals surface area contributed by atoms with Gasteiger partial charge in [0.2, 0.25) is 11.6 Å². The number of Topliss-reactive ketones (excluding diaryl/α,β-unsaturated/α-hetero) is 2. The zero-order valence-corrected chi connectivity index (χ0v) is 9.02. The Morgan fingerprint density at radius 2 is 1.65 bits per heavy atom. The molecule has 0 fully saturated rings. The van der Waals surface area contributed by atoms with Gasteiger partial charge in [-0.2, -0.15) is 0 Å². The number of benzene rings is 1. The van der Waals surface area contributed by atoms with E-state index in [0.29, 0.717) is 0 Å². The lowest BCUT2D eigenvalue weighted by Crippen LogP contribution is -2.30. The third-order valence-electron chi connectivity index (χ3n) is 2.55. The fraction of sp³-hybridized carbons (Fsp3) is 0.0833. The van der Waals surface area contributed by atoms with Gasteiger partial charge in [-0.15, -0.1) is 0 Å². The molecule has 1 aromatic rings. The van der Waals surface area contributed by atoms with Crippen molar-refractivity contribution in [3.05, 3.63) is 46.7 Å². The molecule has 5 nitrogen and oxygen atoms in total. The van der Waals surface area contributed by atoms with E-state index in [1.807, 2.05) is 0 Å². The molecule has 0 aliphatic heterocycles. The van der Waals surface area contributed by atoms with Gasteiger partial charge in [0.15, 0.2) is 0 Å². The average Bonchev–Trinajstić information content (AvgIpc) is 2.36. The van der Waals surface area contributed by atoms with E-state index in [1.165, 1.54) is 12.1 Å². The first-order valence-electron chi connectivity index (χ1n) is 4.84. The van der Waals surface area contributed by atoms with Gasteiger partial charge in [0.25, 0.3) is 0 Å². The SMILES string of the molecule is COC(=O)C1=C(N)C(=O)c2ccccc2C1=O. The number of hydrogen-bond acceptors (Lipinski definition) is 5. The van der Waals surface area contributed by atoms with Crippen LogP contribution in [0.1, 0.15) is 20.7 Å². The van der Waals surface area contributed by atoms with Crippen molar-refractivity contribution in [2.45, 2.75) is 0 Å². The summed E-state index contributed by atoms with van der Waals surface area (Å²) in [6, 6.07) is 6.21. The Morgan fingerprint density at radius 1 is 1.12 bits per heavy atom. The summed E-state index contributed by atoms with van der Waals surface area (Å²) < 4.78 is 4.44. The Balaban J connectivity index is 2.66. The van der Waals surface area contributed by atoms with Crippen molar-refractivity contribution >= 4 is 17.5 Å². The standard InChI is InChI=1S/C12H9NO4/c1-17-12(16)8-9(13)11(15)7-5-3-2-4-6(7)10(8)14/h2-5H,13H2,1H3. The van der Waals surface area contributed by atoms with Gasteiger partial charge < -0.3 is 10.5 Å². The summed E-state index contributed by atoms with van der Waals surface area (Å²) in [5.74, 6) is -2.00. The lowest BCUT2D eigenvalue weighted by molar-refractivity contribution is -0.135. The normalized spacial score (nSPS) is 14.6. The van der Waals surface area contributed by atoms with Crippen LogP contribution in [0, 0.1) is 0 Å². The van der Waals surface area contributed by atoms with Crippen LogP contribution in [0.3, 0.4) is 0 Å². The van der Waals surface area contributed by atoms with Crippen LogP contribution in [-0.4, -0.2) is 24.6 Å². The number of allylic oxidation sites excluding steroid dienone is 1. The molecule has 2 N–H and O–H groups in total. The number of carbonyl (C=O) groups excluding carboxylic acids is 3. The molecule has 2 rings (SSSR count). The van der Waals surface area contributed by atoms with Gasteiger partial charge in [-0.3, -0.25) is 9.59 Å². The molecule has 0 saturated carbocycles. The predicted molar refractivity (Wildman–Crippen MR) is 58.3 cm³/mol. The number of ether oxygens (including phenoxy) is 1. The van der Waals surface area contributed by atoms with Crippen molar-refractivity contribution in [2.24, 2.45) is 5.73 Å². The van der Waals surface area contributed by atoms with Gasteiger partial charge in [-0.1, -0.05) is 24.3 Å². The van der Waals surface area contributed by atoms with Gasteiger partial charge in [-0.25, -0.2) is 4.79 Å². The second kappa shape index (κ2) is 3.86. The topological polar surface area (TPSA) is 86.5 Å². The van der Waals surface area contributed by atoms with Gasteiger partial charge in [0.05, 0.1) is 12.8 Å². The number of ketones is 2. The van der Waals surface area contributed by atoms with Gasteiger partial charge in [-0.05, 0) is 0 Å². The molecule has 0 saturated heterocycles. The van der Waals surface area contributed by atoms with Crippen molar-refractivity contribution in [1.82, 2.24) is 0 Å². The molecule has 1 aliphatic carbocycles. The molecule has 0 radical (unpaired) electrons. The van der Waals surface area contributed by atoms with E-state index >= 15 is 0 Å². The van der Waals surface area contributed by atoms with E-state index in [-0.39, 0.29) is 16.8 Å². The minimum absolute atomic E-state index is 0.173. The van der Waals surface area contributed by atoms with Crippen molar-refractivity contribution in [2.75, 3.05) is 7.11 Å². The third-order valence-corrected chi connectivity index (χ3v) is 2.55. The van der Waals surface area contributed by atoms with Gasteiger partial charge in [0.1, 0.15) is 5.57 Å². The highest BCUT2D eigenvalue weighted by Gasteiger charge is 2.34. The van der Waals surface area contributed by atoms with Gasteiger partial charge in [0, 0.05) is 11.1 Å². The zero-order chi connectivity index (χ0) is 12.6. The highest BCUT2D eigenvalue weighted by atomic mass is 16.5. The Kier molecular flexibility index (Phi) is 2.51. The van der Waals surface area contributed by atoms with Crippen molar-refractivity contribution < 1.29 is 19.1 Å². The number of rotatable bonds is 1. The van der Waals surface area contributed by atoms with Crippen LogP contribution in [0.25, 0.3) is 0 Å². The van der Waals surface area contributed by atoms with Crippen LogP contribution >= 0.6 is 0 Å². The molecule has 0 unspecified atom stereocenters. The molecule has 0 heterocycles. The fourth-order valence-electron chi connectivity index (χ4n) is 1.70. The number of nitrogens with two attached hydrogens (primary N) is 1. The van der Waals surface area contributed by atoms with E-state index in [0.717, 1.165) is 7.11 Å². The number of carbonyl (C=O) groups is 3. The summed E-state index contributed by atoms with van der Waals surface area (Å²) in [5.41, 5.74) is 5.14. The summed E-state index contributed by atoms with van der Waals surface area (Å²) >= 11 is 0. The fourth-order valence-corrected chi connectivity index (χ4v) is 1.70. The monoisotopic (exact) mass is 231 g/mol. The van der Waals surface area contributed by atoms with Crippen LogP contribution in [-0.2, 0) is 9.53 Å². The molecule has 0 atom stereocenters. The van der Waals surface area contributed by atoms with E-state index in [4.69, 9.17) is 5.73 Å². The molecule has 0 aromatic heterocycles. The summed E-state index contributed by atoms with van der Waals surface area (Å²) in [6.07, 6.45) is 0. The molecule has 1 aliphatic rings. The molecular formula is C12H9NO4. The van der Waals surface area contributed by atoms with Crippen LogP contribution in [0.2, 0.25) is 0 Å². The van der Waals surface area contributed by atoms with Crippen LogP contribution in [0.15, 0.2) is 35.5 Å². The van der Waals surface area contributed by atoms with Crippen molar-refractivity contribution in [3.8, 4) is 0 Å². The summed E-state index contributed by atoms with van der Waals surface area (Å²) in [4.78, 5) is 35.2. The number of fused-ring (bicyclic) bond motifs is 1. The maximum absolute atomic E-state index is 12.0. The lowest BCUT2D eigenvalue weighted by Gasteiger charge is -2.16. The maximum Gasteiger partial charge on any atom is 0.344 e.